The molecule has 2 N–H and O–H groups in total. The molecule has 0 radical (unpaired) electrons. The van der Waals surface area contributed by atoms with Crippen molar-refractivity contribution in [2.45, 2.75) is 26.3 Å². The second kappa shape index (κ2) is 7.01. The van der Waals surface area contributed by atoms with Crippen molar-refractivity contribution in [1.29, 1.82) is 0 Å². The van der Waals surface area contributed by atoms with Crippen molar-refractivity contribution < 1.29 is 0 Å². The van der Waals surface area contributed by atoms with Crippen molar-refractivity contribution in [3.05, 3.63) is 24.0 Å². The quantitative estimate of drug-likeness (QED) is 0.498. The lowest BCUT2D eigenvalue weighted by atomic mass is 10.00. The van der Waals surface area contributed by atoms with Gasteiger partial charge in [-0.1, -0.05) is 6.92 Å². The number of aryl methyl sites for hydroxylation is 1. The maximum absolute atomic E-state index is 6.03. The van der Waals surface area contributed by atoms with Crippen LogP contribution < -0.4 is 5.73 Å². The molecule has 5 heteroatoms. The third-order valence-electron chi connectivity index (χ3n) is 3.56. The van der Waals surface area contributed by atoms with Crippen LogP contribution >= 0.6 is 24.0 Å². The number of hydrogen-bond donors (Lipinski definition) is 1. The first kappa shape index (κ1) is 15.3. The van der Waals surface area contributed by atoms with Crippen LogP contribution in [0.2, 0.25) is 0 Å². The first-order valence-corrected chi connectivity index (χ1v) is 6.32. The number of nitrogens with zero attached hydrogens (tertiary/aromatic N) is 3. The zero-order valence-electron chi connectivity index (χ0n) is 11.2. The van der Waals surface area contributed by atoms with E-state index in [1.165, 1.54) is 18.5 Å². The van der Waals surface area contributed by atoms with Gasteiger partial charge in [0.2, 0.25) is 0 Å². The Bertz CT molecular complexity index is 391. The van der Waals surface area contributed by atoms with E-state index in [2.05, 4.69) is 27.4 Å². The van der Waals surface area contributed by atoms with Crippen LogP contribution in [0, 0.1) is 5.92 Å². The number of nitrogens with two attached hydrogens (primary N) is 1. The third kappa shape index (κ3) is 3.90. The van der Waals surface area contributed by atoms with Gasteiger partial charge >= 0.3 is 0 Å². The van der Waals surface area contributed by atoms with Gasteiger partial charge in [-0.2, -0.15) is 0 Å². The van der Waals surface area contributed by atoms with Gasteiger partial charge in [-0.15, -0.1) is 24.0 Å². The minimum Gasteiger partial charge on any atom is -0.370 e. The van der Waals surface area contributed by atoms with Crippen molar-refractivity contribution in [3.8, 4) is 0 Å². The third-order valence-corrected chi connectivity index (χ3v) is 3.56. The zero-order chi connectivity index (χ0) is 12.3. The van der Waals surface area contributed by atoms with E-state index in [9.17, 15) is 0 Å². The molecular weight excluding hydrogens is 339 g/mol. The van der Waals surface area contributed by atoms with E-state index in [0.29, 0.717) is 12.5 Å². The summed E-state index contributed by atoms with van der Waals surface area (Å²) in [7, 11) is 2.03. The Morgan fingerprint density at radius 2 is 2.11 bits per heavy atom. The number of rotatable bonds is 2. The first-order chi connectivity index (χ1) is 8.16. The summed E-state index contributed by atoms with van der Waals surface area (Å²) in [6.45, 7) is 5.06. The molecule has 1 aromatic heterocycles. The van der Waals surface area contributed by atoms with Crippen LogP contribution in [0.3, 0.4) is 0 Å². The molecule has 1 aromatic rings. The molecule has 0 spiro atoms. The molecule has 18 heavy (non-hydrogen) atoms. The predicted octanol–water partition coefficient (Wildman–Crippen LogP) is 2.19. The van der Waals surface area contributed by atoms with Gasteiger partial charge in [0.1, 0.15) is 0 Å². The normalized spacial score (nSPS) is 17.7. The van der Waals surface area contributed by atoms with Crippen LogP contribution in [0.4, 0.5) is 0 Å². The van der Waals surface area contributed by atoms with Crippen molar-refractivity contribution in [3.63, 3.8) is 0 Å². The summed E-state index contributed by atoms with van der Waals surface area (Å²) in [4.78, 5) is 6.67. The minimum absolute atomic E-state index is 0. The molecule has 4 nitrogen and oxygen atoms in total. The van der Waals surface area contributed by atoms with Crippen LogP contribution in [-0.4, -0.2) is 28.5 Å². The topological polar surface area (TPSA) is 46.5 Å². The molecule has 0 saturated carbocycles. The molecule has 2 rings (SSSR count). The summed E-state index contributed by atoms with van der Waals surface area (Å²) in [5, 5.41) is 0. The van der Waals surface area contributed by atoms with Crippen LogP contribution in [0.1, 0.15) is 25.5 Å². The number of aromatic nitrogens is 1. The molecular formula is C13H23IN4. The Balaban J connectivity index is 0.00000162. The maximum atomic E-state index is 6.03. The molecule has 0 unspecified atom stereocenters. The Morgan fingerprint density at radius 3 is 2.67 bits per heavy atom. The summed E-state index contributed by atoms with van der Waals surface area (Å²) >= 11 is 0. The largest absolute Gasteiger partial charge is 0.370 e. The zero-order valence-corrected chi connectivity index (χ0v) is 13.5. The standard InChI is InChI=1S/C13H22N4.HI/c1-11-5-8-17(9-6-11)13(14)15-10-12-4-3-7-16(12)2;/h3-4,7,11H,5-6,8-10H2,1-2H3,(H2,14,15);1H. The Hall–Kier alpha value is -0.720. The lowest BCUT2D eigenvalue weighted by molar-refractivity contribution is 0.277. The predicted molar refractivity (Wildman–Crippen MR) is 86.1 cm³/mol. The van der Waals surface area contributed by atoms with E-state index in [-0.39, 0.29) is 24.0 Å². The molecule has 0 aliphatic carbocycles. The van der Waals surface area contributed by atoms with E-state index >= 15 is 0 Å². The average Bonchev–Trinajstić information content (AvgIpc) is 2.73. The van der Waals surface area contributed by atoms with Crippen LogP contribution in [0.5, 0.6) is 0 Å². The minimum atomic E-state index is 0. The number of piperidine rings is 1. The van der Waals surface area contributed by atoms with Gasteiger partial charge in [0, 0.05) is 32.0 Å². The van der Waals surface area contributed by atoms with Gasteiger partial charge in [0.05, 0.1) is 6.54 Å². The molecule has 1 aliphatic rings. The van der Waals surface area contributed by atoms with E-state index < -0.39 is 0 Å². The highest BCUT2D eigenvalue weighted by Crippen LogP contribution is 2.15. The average molecular weight is 362 g/mol. The van der Waals surface area contributed by atoms with E-state index in [1.807, 2.05) is 19.3 Å². The monoisotopic (exact) mass is 362 g/mol. The smallest absolute Gasteiger partial charge is 0.191 e. The van der Waals surface area contributed by atoms with Gasteiger partial charge in [-0.25, -0.2) is 4.99 Å². The molecule has 0 atom stereocenters. The van der Waals surface area contributed by atoms with Gasteiger partial charge in [-0.3, -0.25) is 0 Å². The molecule has 2 heterocycles. The highest BCUT2D eigenvalue weighted by atomic mass is 127. The molecule has 1 fully saturated rings. The van der Waals surface area contributed by atoms with Crippen LogP contribution in [0.25, 0.3) is 0 Å². The molecule has 0 aromatic carbocycles. The van der Waals surface area contributed by atoms with Gasteiger partial charge < -0.3 is 15.2 Å². The fraction of sp³-hybridized carbons (Fsp3) is 0.615. The van der Waals surface area contributed by atoms with Crippen molar-refractivity contribution in [2.24, 2.45) is 23.7 Å². The van der Waals surface area contributed by atoms with Crippen LogP contribution in [0.15, 0.2) is 23.3 Å². The molecule has 0 amide bonds. The summed E-state index contributed by atoms with van der Waals surface area (Å²) in [5.74, 6) is 1.52. The molecule has 1 saturated heterocycles. The molecule has 102 valence electrons. The summed E-state index contributed by atoms with van der Waals surface area (Å²) in [6, 6.07) is 4.11. The summed E-state index contributed by atoms with van der Waals surface area (Å²) in [6.07, 6.45) is 4.48. The summed E-state index contributed by atoms with van der Waals surface area (Å²) in [5.41, 5.74) is 7.22. The Labute approximate surface area is 126 Å². The SMILES string of the molecule is CC1CCN(C(N)=NCc2cccn2C)CC1.I. The van der Waals surface area contributed by atoms with Crippen molar-refractivity contribution in [2.75, 3.05) is 13.1 Å². The first-order valence-electron chi connectivity index (χ1n) is 6.32. The lowest BCUT2D eigenvalue weighted by Gasteiger charge is -2.31. The highest BCUT2D eigenvalue weighted by molar-refractivity contribution is 14.0. The van der Waals surface area contributed by atoms with Gasteiger partial charge in [0.15, 0.2) is 5.96 Å². The van der Waals surface area contributed by atoms with Crippen molar-refractivity contribution in [1.82, 2.24) is 9.47 Å². The molecule has 1 aliphatic heterocycles. The van der Waals surface area contributed by atoms with Crippen LogP contribution in [-0.2, 0) is 13.6 Å². The van der Waals surface area contributed by atoms with Gasteiger partial charge in [0.25, 0.3) is 0 Å². The Kier molecular flexibility index (Phi) is 5.98. The number of aliphatic imine (C=N–C) groups is 1. The number of guanidine groups is 1. The molecule has 0 bridgehead atoms. The second-order valence-electron chi connectivity index (χ2n) is 4.95. The van der Waals surface area contributed by atoms with E-state index in [0.717, 1.165) is 19.0 Å². The Morgan fingerprint density at radius 1 is 1.44 bits per heavy atom. The van der Waals surface area contributed by atoms with E-state index in [4.69, 9.17) is 5.73 Å². The van der Waals surface area contributed by atoms with Gasteiger partial charge in [-0.05, 0) is 30.9 Å². The number of likely N-dealkylation sites (tertiary alicyclic amines) is 1. The second-order valence-corrected chi connectivity index (χ2v) is 4.95. The maximum Gasteiger partial charge on any atom is 0.191 e. The number of hydrogen-bond acceptors (Lipinski definition) is 1. The highest BCUT2D eigenvalue weighted by Gasteiger charge is 2.16. The fourth-order valence-corrected chi connectivity index (χ4v) is 2.16. The lowest BCUT2D eigenvalue weighted by Crippen LogP contribution is -2.42. The van der Waals surface area contributed by atoms with Crippen molar-refractivity contribution >= 4 is 29.9 Å². The summed E-state index contributed by atoms with van der Waals surface area (Å²) < 4.78 is 2.08. The fourth-order valence-electron chi connectivity index (χ4n) is 2.16. The van der Waals surface area contributed by atoms with E-state index in [1.54, 1.807) is 0 Å². The number of halogens is 1.